The van der Waals surface area contributed by atoms with Gasteiger partial charge in [-0.2, -0.15) is 0 Å². The van der Waals surface area contributed by atoms with E-state index in [1.165, 1.54) is 10.8 Å². The van der Waals surface area contributed by atoms with Gasteiger partial charge in [0.2, 0.25) is 5.91 Å². The number of rotatable bonds is 7. The van der Waals surface area contributed by atoms with Crippen molar-refractivity contribution in [2.75, 3.05) is 13.7 Å². The second-order valence-corrected chi connectivity index (χ2v) is 6.24. The molecule has 4 nitrogen and oxygen atoms in total. The van der Waals surface area contributed by atoms with Crippen molar-refractivity contribution in [1.82, 2.24) is 5.32 Å². The number of amides is 1. The largest absolute Gasteiger partial charge is 0.496 e. The lowest BCUT2D eigenvalue weighted by molar-refractivity contribution is -0.121. The summed E-state index contributed by atoms with van der Waals surface area (Å²) in [6.45, 7) is 0.164. The third-order valence-electron chi connectivity index (χ3n) is 4.45. The van der Waals surface area contributed by atoms with Crippen LogP contribution < -0.4 is 10.1 Å². The lowest BCUT2D eigenvalue weighted by Crippen LogP contribution is -2.28. The van der Waals surface area contributed by atoms with Crippen LogP contribution in [0.4, 0.5) is 0 Å². The van der Waals surface area contributed by atoms with E-state index in [0.717, 1.165) is 5.56 Å². The molecule has 0 saturated carbocycles. The number of methoxy groups -OCH3 is 1. The molecule has 0 bridgehead atoms. The number of carbonyl (C=O) groups excluding carboxylic acids is 1. The minimum Gasteiger partial charge on any atom is -0.496 e. The predicted octanol–water partition coefficient (Wildman–Crippen LogP) is 3.63. The third-order valence-corrected chi connectivity index (χ3v) is 4.45. The van der Waals surface area contributed by atoms with Gasteiger partial charge in [-0.1, -0.05) is 60.7 Å². The van der Waals surface area contributed by atoms with E-state index in [2.05, 4.69) is 35.6 Å². The van der Waals surface area contributed by atoms with E-state index in [4.69, 9.17) is 4.74 Å². The Morgan fingerprint density at radius 1 is 1.04 bits per heavy atom. The molecule has 0 unspecified atom stereocenters. The standard InChI is InChI=1S/C22H23NO3/c1-26-21-9-5-4-8-19(21)20(24)15-23-22(25)13-11-16-10-12-17-6-2-3-7-18(17)14-16/h2-10,12,14,20,24H,11,13,15H2,1H3,(H,23,25)/t20-/m0/s1. The molecule has 0 radical (unpaired) electrons. The molecule has 3 aromatic carbocycles. The van der Waals surface area contributed by atoms with Crippen molar-refractivity contribution >= 4 is 16.7 Å². The van der Waals surface area contributed by atoms with Crippen molar-refractivity contribution in [2.24, 2.45) is 0 Å². The van der Waals surface area contributed by atoms with Crippen LogP contribution in [0.5, 0.6) is 5.75 Å². The Kier molecular flexibility index (Phi) is 5.87. The number of aryl methyl sites for hydroxylation is 1. The van der Waals surface area contributed by atoms with Gasteiger partial charge in [0.15, 0.2) is 0 Å². The minimum absolute atomic E-state index is 0.0768. The Labute approximate surface area is 153 Å². The number of aliphatic hydroxyl groups is 1. The SMILES string of the molecule is COc1ccccc1[C@@H](O)CNC(=O)CCc1ccc2ccccc2c1. The van der Waals surface area contributed by atoms with Gasteiger partial charge in [-0.15, -0.1) is 0 Å². The average molecular weight is 349 g/mol. The summed E-state index contributed by atoms with van der Waals surface area (Å²) >= 11 is 0. The van der Waals surface area contributed by atoms with E-state index in [1.807, 2.05) is 24.3 Å². The van der Waals surface area contributed by atoms with Gasteiger partial charge in [-0.3, -0.25) is 4.79 Å². The zero-order valence-corrected chi connectivity index (χ0v) is 14.8. The maximum atomic E-state index is 12.1. The summed E-state index contributed by atoms with van der Waals surface area (Å²) in [5.41, 5.74) is 1.80. The van der Waals surface area contributed by atoms with E-state index >= 15 is 0 Å². The number of carbonyl (C=O) groups is 1. The molecule has 0 spiro atoms. The Morgan fingerprint density at radius 2 is 1.77 bits per heavy atom. The molecule has 4 heteroatoms. The van der Waals surface area contributed by atoms with Crippen LogP contribution in [-0.2, 0) is 11.2 Å². The molecule has 0 aliphatic carbocycles. The molecule has 0 heterocycles. The molecule has 0 fully saturated rings. The fourth-order valence-electron chi connectivity index (χ4n) is 3.00. The summed E-state index contributed by atoms with van der Waals surface area (Å²) in [4.78, 5) is 12.1. The normalized spacial score (nSPS) is 11.9. The van der Waals surface area contributed by atoms with Gasteiger partial charge in [0.25, 0.3) is 0 Å². The first-order valence-corrected chi connectivity index (χ1v) is 8.73. The Bertz CT molecular complexity index is 891. The van der Waals surface area contributed by atoms with Crippen LogP contribution in [0.2, 0.25) is 0 Å². The molecule has 3 rings (SSSR count). The summed E-state index contributed by atoms with van der Waals surface area (Å²) < 4.78 is 5.24. The van der Waals surface area contributed by atoms with Crippen molar-refractivity contribution in [1.29, 1.82) is 0 Å². The topological polar surface area (TPSA) is 58.6 Å². The number of para-hydroxylation sites is 1. The maximum Gasteiger partial charge on any atom is 0.220 e. The zero-order valence-electron chi connectivity index (χ0n) is 14.8. The summed E-state index contributed by atoms with van der Waals surface area (Å²) in [6.07, 6.45) is 0.258. The van der Waals surface area contributed by atoms with E-state index in [1.54, 1.807) is 19.2 Å². The molecule has 3 aromatic rings. The van der Waals surface area contributed by atoms with Crippen LogP contribution in [0.15, 0.2) is 66.7 Å². The highest BCUT2D eigenvalue weighted by Gasteiger charge is 2.13. The fraction of sp³-hybridized carbons (Fsp3) is 0.227. The lowest BCUT2D eigenvalue weighted by atomic mass is 10.0. The molecule has 26 heavy (non-hydrogen) atoms. The van der Waals surface area contributed by atoms with Gasteiger partial charge in [0.05, 0.1) is 13.2 Å². The van der Waals surface area contributed by atoms with E-state index < -0.39 is 6.10 Å². The van der Waals surface area contributed by atoms with E-state index in [9.17, 15) is 9.90 Å². The summed E-state index contributed by atoms with van der Waals surface area (Å²) in [5, 5.41) is 15.5. The molecule has 0 aliphatic rings. The van der Waals surface area contributed by atoms with Gasteiger partial charge in [0, 0.05) is 18.5 Å². The number of fused-ring (bicyclic) bond motifs is 1. The van der Waals surface area contributed by atoms with Crippen LogP contribution in [0.25, 0.3) is 10.8 Å². The lowest BCUT2D eigenvalue weighted by Gasteiger charge is -2.15. The predicted molar refractivity (Wildman–Crippen MR) is 103 cm³/mol. The van der Waals surface area contributed by atoms with Gasteiger partial charge in [-0.25, -0.2) is 0 Å². The number of benzene rings is 3. The molecule has 0 aliphatic heterocycles. The minimum atomic E-state index is -0.796. The molecule has 1 atom stereocenters. The van der Waals surface area contributed by atoms with Crippen LogP contribution >= 0.6 is 0 Å². The van der Waals surface area contributed by atoms with Crippen LogP contribution in [0.3, 0.4) is 0 Å². The zero-order chi connectivity index (χ0) is 18.4. The Hall–Kier alpha value is -2.85. The van der Waals surface area contributed by atoms with Crippen molar-refractivity contribution in [3.8, 4) is 5.75 Å². The maximum absolute atomic E-state index is 12.1. The smallest absolute Gasteiger partial charge is 0.220 e. The van der Waals surface area contributed by atoms with Gasteiger partial charge in [0.1, 0.15) is 5.75 Å². The second-order valence-electron chi connectivity index (χ2n) is 6.24. The molecule has 0 saturated heterocycles. The van der Waals surface area contributed by atoms with Crippen LogP contribution in [-0.4, -0.2) is 24.7 Å². The number of hydrogen-bond acceptors (Lipinski definition) is 3. The third kappa shape index (κ3) is 4.41. The summed E-state index contributed by atoms with van der Waals surface area (Å²) in [5.74, 6) is 0.539. The summed E-state index contributed by atoms with van der Waals surface area (Å²) in [6, 6.07) is 21.7. The number of aliphatic hydroxyl groups excluding tert-OH is 1. The fourth-order valence-corrected chi connectivity index (χ4v) is 3.00. The number of ether oxygens (including phenoxy) is 1. The van der Waals surface area contributed by atoms with Crippen LogP contribution in [0.1, 0.15) is 23.7 Å². The highest BCUT2D eigenvalue weighted by molar-refractivity contribution is 5.83. The first-order chi connectivity index (χ1) is 12.7. The first kappa shape index (κ1) is 18.0. The number of hydrogen-bond donors (Lipinski definition) is 2. The van der Waals surface area contributed by atoms with Gasteiger partial charge < -0.3 is 15.2 Å². The Balaban J connectivity index is 1.52. The quantitative estimate of drug-likeness (QED) is 0.685. The molecule has 1 amide bonds. The summed E-state index contributed by atoms with van der Waals surface area (Å²) in [7, 11) is 1.56. The van der Waals surface area contributed by atoms with E-state index in [0.29, 0.717) is 24.2 Å². The average Bonchev–Trinajstić information content (AvgIpc) is 2.70. The van der Waals surface area contributed by atoms with Crippen molar-refractivity contribution in [2.45, 2.75) is 18.9 Å². The second kappa shape index (κ2) is 8.50. The monoisotopic (exact) mass is 349 g/mol. The number of nitrogens with one attached hydrogen (secondary N) is 1. The first-order valence-electron chi connectivity index (χ1n) is 8.73. The van der Waals surface area contributed by atoms with Crippen molar-refractivity contribution in [3.63, 3.8) is 0 Å². The Morgan fingerprint density at radius 3 is 2.58 bits per heavy atom. The highest BCUT2D eigenvalue weighted by Crippen LogP contribution is 2.24. The van der Waals surface area contributed by atoms with Gasteiger partial charge in [-0.05, 0) is 28.8 Å². The van der Waals surface area contributed by atoms with Crippen LogP contribution in [0, 0.1) is 0 Å². The van der Waals surface area contributed by atoms with E-state index in [-0.39, 0.29) is 12.5 Å². The molecular formula is C22H23NO3. The van der Waals surface area contributed by atoms with Crippen molar-refractivity contribution in [3.05, 3.63) is 77.9 Å². The molecule has 0 aromatic heterocycles. The molecular weight excluding hydrogens is 326 g/mol. The van der Waals surface area contributed by atoms with Crippen molar-refractivity contribution < 1.29 is 14.6 Å². The molecule has 134 valence electrons. The highest BCUT2D eigenvalue weighted by atomic mass is 16.5. The molecule has 2 N–H and O–H groups in total. The van der Waals surface area contributed by atoms with Gasteiger partial charge >= 0.3 is 0 Å².